The van der Waals surface area contributed by atoms with Gasteiger partial charge in [-0.3, -0.25) is 0 Å². The molecular weight excluding hydrogens is 282 g/mol. The van der Waals surface area contributed by atoms with Crippen molar-refractivity contribution in [1.29, 1.82) is 0 Å². The van der Waals surface area contributed by atoms with Gasteiger partial charge in [0.25, 0.3) is 0 Å². The lowest BCUT2D eigenvalue weighted by Crippen LogP contribution is -1.91. The van der Waals surface area contributed by atoms with E-state index in [0.29, 0.717) is 0 Å². The largest absolute Gasteiger partial charge is 0.508 e. The summed E-state index contributed by atoms with van der Waals surface area (Å²) in [5.41, 5.74) is 5.09. The zero-order valence-corrected chi connectivity index (χ0v) is 12.5. The van der Waals surface area contributed by atoms with Gasteiger partial charge in [-0.2, -0.15) is 0 Å². The van der Waals surface area contributed by atoms with E-state index in [0.717, 1.165) is 33.3 Å². The van der Waals surface area contributed by atoms with E-state index in [4.69, 9.17) is 4.98 Å². The molecule has 4 rings (SSSR count). The van der Waals surface area contributed by atoms with Crippen LogP contribution >= 0.6 is 0 Å². The summed E-state index contributed by atoms with van der Waals surface area (Å²) in [6, 6.07) is 27.8. The minimum Gasteiger partial charge on any atom is -0.508 e. The van der Waals surface area contributed by atoms with Crippen LogP contribution in [-0.4, -0.2) is 10.1 Å². The second kappa shape index (κ2) is 5.58. The topological polar surface area (TPSA) is 33.1 Å². The Labute approximate surface area is 134 Å². The lowest BCUT2D eigenvalue weighted by atomic mass is 9.97. The van der Waals surface area contributed by atoms with Crippen LogP contribution in [0.25, 0.3) is 33.3 Å². The van der Waals surface area contributed by atoms with Crippen molar-refractivity contribution in [3.8, 4) is 28.1 Å². The van der Waals surface area contributed by atoms with E-state index < -0.39 is 0 Å². The number of pyridine rings is 1. The predicted octanol–water partition coefficient (Wildman–Crippen LogP) is 5.27. The summed E-state index contributed by atoms with van der Waals surface area (Å²) in [4.78, 5) is 4.85. The van der Waals surface area contributed by atoms with E-state index >= 15 is 0 Å². The minimum absolute atomic E-state index is 0.255. The van der Waals surface area contributed by atoms with Crippen LogP contribution in [0, 0.1) is 0 Å². The molecule has 0 amide bonds. The van der Waals surface area contributed by atoms with Gasteiger partial charge >= 0.3 is 0 Å². The van der Waals surface area contributed by atoms with E-state index in [1.54, 1.807) is 12.1 Å². The highest BCUT2D eigenvalue weighted by Crippen LogP contribution is 2.34. The van der Waals surface area contributed by atoms with Gasteiger partial charge in [0.05, 0.1) is 11.2 Å². The summed E-state index contributed by atoms with van der Waals surface area (Å²) >= 11 is 0. The quantitative estimate of drug-likeness (QED) is 0.546. The van der Waals surface area contributed by atoms with Crippen molar-refractivity contribution in [3.05, 3.63) is 84.9 Å². The van der Waals surface area contributed by atoms with E-state index in [2.05, 4.69) is 30.3 Å². The maximum atomic E-state index is 9.75. The first-order chi connectivity index (χ1) is 11.3. The summed E-state index contributed by atoms with van der Waals surface area (Å²) in [6.45, 7) is 0. The number of benzene rings is 3. The molecule has 2 heteroatoms. The smallest absolute Gasteiger partial charge is 0.116 e. The van der Waals surface area contributed by atoms with Crippen LogP contribution in [0.15, 0.2) is 84.9 Å². The highest BCUT2D eigenvalue weighted by Gasteiger charge is 2.11. The molecule has 0 atom stereocenters. The van der Waals surface area contributed by atoms with Gasteiger partial charge in [0, 0.05) is 16.5 Å². The molecule has 0 saturated heterocycles. The molecular formula is C21H15NO. The first kappa shape index (κ1) is 13.5. The summed E-state index contributed by atoms with van der Waals surface area (Å²) in [6.07, 6.45) is 0. The van der Waals surface area contributed by atoms with Gasteiger partial charge in [-0.1, -0.05) is 60.7 Å². The lowest BCUT2D eigenvalue weighted by molar-refractivity contribution is 0.476. The molecule has 2 nitrogen and oxygen atoms in total. The number of rotatable bonds is 2. The monoisotopic (exact) mass is 297 g/mol. The molecule has 0 saturated carbocycles. The van der Waals surface area contributed by atoms with Gasteiger partial charge in [-0.05, 0) is 29.8 Å². The second-order valence-electron chi connectivity index (χ2n) is 5.49. The van der Waals surface area contributed by atoms with Crippen LogP contribution in [0.5, 0.6) is 5.75 Å². The van der Waals surface area contributed by atoms with E-state index in [-0.39, 0.29) is 5.75 Å². The molecule has 0 spiro atoms. The number of aromatic hydroxyl groups is 1. The normalized spacial score (nSPS) is 10.8. The van der Waals surface area contributed by atoms with Gasteiger partial charge in [-0.25, -0.2) is 4.98 Å². The molecule has 0 radical (unpaired) electrons. The summed E-state index contributed by atoms with van der Waals surface area (Å²) in [5, 5.41) is 10.7. The number of hydrogen-bond acceptors (Lipinski definition) is 2. The Morgan fingerprint density at radius 2 is 1.30 bits per heavy atom. The minimum atomic E-state index is 0.255. The molecule has 4 aromatic rings. The van der Waals surface area contributed by atoms with Crippen molar-refractivity contribution in [3.63, 3.8) is 0 Å². The number of aromatic nitrogens is 1. The van der Waals surface area contributed by atoms with Crippen LogP contribution in [0.1, 0.15) is 0 Å². The summed E-state index contributed by atoms with van der Waals surface area (Å²) in [5.74, 6) is 0.255. The third kappa shape index (κ3) is 2.55. The second-order valence-corrected chi connectivity index (χ2v) is 5.49. The zero-order valence-electron chi connectivity index (χ0n) is 12.5. The first-order valence-electron chi connectivity index (χ1n) is 7.56. The average Bonchev–Trinajstić information content (AvgIpc) is 2.62. The van der Waals surface area contributed by atoms with Crippen molar-refractivity contribution in [2.75, 3.05) is 0 Å². The molecule has 0 aliphatic carbocycles. The zero-order chi connectivity index (χ0) is 15.6. The van der Waals surface area contributed by atoms with Crippen molar-refractivity contribution >= 4 is 10.9 Å². The number of phenols is 1. The van der Waals surface area contributed by atoms with E-state index in [9.17, 15) is 5.11 Å². The fraction of sp³-hybridized carbons (Fsp3) is 0. The number of hydrogen-bond donors (Lipinski definition) is 1. The molecule has 0 unspecified atom stereocenters. The van der Waals surface area contributed by atoms with Crippen LogP contribution in [0.2, 0.25) is 0 Å². The van der Waals surface area contributed by atoms with Crippen molar-refractivity contribution in [1.82, 2.24) is 4.98 Å². The number of nitrogens with zero attached hydrogens (tertiary/aromatic N) is 1. The Bertz CT molecular complexity index is 963. The molecule has 0 aliphatic heterocycles. The number of phenolic OH excluding ortho intramolecular Hbond substituents is 1. The van der Waals surface area contributed by atoms with Crippen molar-refractivity contribution in [2.45, 2.75) is 0 Å². The molecule has 1 aromatic heterocycles. The molecule has 23 heavy (non-hydrogen) atoms. The Morgan fingerprint density at radius 3 is 2.00 bits per heavy atom. The highest BCUT2D eigenvalue weighted by atomic mass is 16.3. The maximum Gasteiger partial charge on any atom is 0.116 e. The Hall–Kier alpha value is -3.13. The van der Waals surface area contributed by atoms with Crippen molar-refractivity contribution < 1.29 is 5.11 Å². The van der Waals surface area contributed by atoms with Gasteiger partial charge < -0.3 is 5.11 Å². The Balaban J connectivity index is 2.04. The van der Waals surface area contributed by atoms with E-state index in [1.165, 1.54) is 0 Å². The lowest BCUT2D eigenvalue weighted by Gasteiger charge is -2.11. The molecule has 0 aliphatic rings. The van der Waals surface area contributed by atoms with Crippen molar-refractivity contribution in [2.24, 2.45) is 0 Å². The highest BCUT2D eigenvalue weighted by molar-refractivity contribution is 5.92. The average molecular weight is 297 g/mol. The fourth-order valence-electron chi connectivity index (χ4n) is 2.82. The van der Waals surface area contributed by atoms with Crippen LogP contribution in [-0.2, 0) is 0 Å². The van der Waals surface area contributed by atoms with Crippen LogP contribution < -0.4 is 0 Å². The third-order valence-corrected chi connectivity index (χ3v) is 3.93. The summed E-state index contributed by atoms with van der Waals surface area (Å²) < 4.78 is 0. The van der Waals surface area contributed by atoms with E-state index in [1.807, 2.05) is 42.5 Å². The Kier molecular flexibility index (Phi) is 3.28. The molecule has 0 bridgehead atoms. The van der Waals surface area contributed by atoms with Gasteiger partial charge in [0.1, 0.15) is 5.75 Å². The fourth-order valence-corrected chi connectivity index (χ4v) is 2.82. The van der Waals surface area contributed by atoms with Gasteiger partial charge in [-0.15, -0.1) is 0 Å². The third-order valence-electron chi connectivity index (χ3n) is 3.93. The predicted molar refractivity (Wildman–Crippen MR) is 94.3 cm³/mol. The number of fused-ring (bicyclic) bond motifs is 1. The van der Waals surface area contributed by atoms with Gasteiger partial charge in [0.15, 0.2) is 0 Å². The standard InChI is InChI=1S/C21H15NO/c23-18-11-12-20-17(13-18)14-19(15-7-3-1-4-8-15)21(22-20)16-9-5-2-6-10-16/h1-14,23H. The molecule has 0 fully saturated rings. The first-order valence-corrected chi connectivity index (χ1v) is 7.56. The summed E-state index contributed by atoms with van der Waals surface area (Å²) in [7, 11) is 0. The van der Waals surface area contributed by atoms with Crippen LogP contribution in [0.4, 0.5) is 0 Å². The van der Waals surface area contributed by atoms with Crippen LogP contribution in [0.3, 0.4) is 0 Å². The molecule has 1 heterocycles. The van der Waals surface area contributed by atoms with Gasteiger partial charge in [0.2, 0.25) is 0 Å². The molecule has 110 valence electrons. The Morgan fingerprint density at radius 1 is 0.652 bits per heavy atom. The molecule has 1 N–H and O–H groups in total. The molecule has 3 aromatic carbocycles. The maximum absolute atomic E-state index is 9.75. The SMILES string of the molecule is Oc1ccc2nc(-c3ccccc3)c(-c3ccccc3)cc2c1.